The van der Waals surface area contributed by atoms with Gasteiger partial charge in [0.05, 0.1) is 6.54 Å². The molecule has 1 fully saturated rings. The van der Waals surface area contributed by atoms with Gasteiger partial charge in [-0.1, -0.05) is 0 Å². The average molecular weight is 157 g/mol. The molecular formula is C7H15N3O. The summed E-state index contributed by atoms with van der Waals surface area (Å²) in [7, 11) is 3.75. The monoisotopic (exact) mass is 157 g/mol. The van der Waals surface area contributed by atoms with Gasteiger partial charge >= 0.3 is 0 Å². The molecule has 1 aliphatic heterocycles. The Balaban J connectivity index is 2.54. The summed E-state index contributed by atoms with van der Waals surface area (Å²) in [6, 6.07) is 0.331. The Morgan fingerprint density at radius 2 is 2.27 bits per heavy atom. The van der Waals surface area contributed by atoms with E-state index in [-0.39, 0.29) is 5.91 Å². The summed E-state index contributed by atoms with van der Waals surface area (Å²) in [5, 5.41) is 0. The molecule has 0 aromatic carbocycles. The first kappa shape index (κ1) is 8.49. The first-order valence-electron chi connectivity index (χ1n) is 3.79. The van der Waals surface area contributed by atoms with Crippen LogP contribution in [0.4, 0.5) is 0 Å². The highest BCUT2D eigenvalue weighted by Crippen LogP contribution is 2.04. The largest absolute Gasteiger partial charge is 0.343 e. The molecule has 0 aromatic heterocycles. The van der Waals surface area contributed by atoms with Gasteiger partial charge in [0, 0.05) is 26.2 Å². The number of hydrogen-bond acceptors (Lipinski definition) is 3. The topological polar surface area (TPSA) is 49.6 Å². The van der Waals surface area contributed by atoms with Gasteiger partial charge < -0.3 is 10.6 Å². The predicted molar refractivity (Wildman–Crippen MR) is 43.1 cm³/mol. The zero-order valence-electron chi connectivity index (χ0n) is 7.08. The van der Waals surface area contributed by atoms with E-state index in [1.165, 1.54) is 0 Å². The smallest absolute Gasteiger partial charge is 0.236 e. The fraction of sp³-hybridized carbons (Fsp3) is 0.857. The van der Waals surface area contributed by atoms with Gasteiger partial charge in [0.25, 0.3) is 0 Å². The van der Waals surface area contributed by atoms with Gasteiger partial charge in [-0.05, 0) is 7.05 Å². The highest BCUT2D eigenvalue weighted by molar-refractivity contribution is 5.78. The third kappa shape index (κ3) is 1.70. The minimum absolute atomic E-state index is 0.178. The molecule has 0 aromatic rings. The number of rotatable bonds is 1. The molecule has 2 N–H and O–H groups in total. The molecule has 64 valence electrons. The summed E-state index contributed by atoms with van der Waals surface area (Å²) in [5.41, 5.74) is 5.52. The van der Waals surface area contributed by atoms with Crippen LogP contribution in [0.25, 0.3) is 0 Å². The van der Waals surface area contributed by atoms with Crippen molar-refractivity contribution in [1.29, 1.82) is 0 Å². The maximum atomic E-state index is 11.1. The van der Waals surface area contributed by atoms with Crippen molar-refractivity contribution >= 4 is 5.91 Å². The average Bonchev–Trinajstić information content (AvgIpc) is 1.97. The van der Waals surface area contributed by atoms with Crippen molar-refractivity contribution in [2.45, 2.75) is 6.04 Å². The van der Waals surface area contributed by atoms with E-state index in [0.717, 1.165) is 6.54 Å². The van der Waals surface area contributed by atoms with Crippen molar-refractivity contribution in [2.75, 3.05) is 33.7 Å². The second-order valence-electron chi connectivity index (χ2n) is 3.08. The normalized spacial score (nSPS) is 27.7. The summed E-state index contributed by atoms with van der Waals surface area (Å²) >= 11 is 0. The Hall–Kier alpha value is -0.610. The molecule has 4 nitrogen and oxygen atoms in total. The number of nitrogens with two attached hydrogens (primary N) is 1. The van der Waals surface area contributed by atoms with Gasteiger partial charge in [-0.3, -0.25) is 9.69 Å². The number of carbonyl (C=O) groups excluding carboxylic acids is 1. The van der Waals surface area contributed by atoms with Crippen LogP contribution >= 0.6 is 0 Å². The van der Waals surface area contributed by atoms with Crippen LogP contribution in [0.15, 0.2) is 0 Å². The highest BCUT2D eigenvalue weighted by Gasteiger charge is 2.25. The van der Waals surface area contributed by atoms with Crippen molar-refractivity contribution in [1.82, 2.24) is 9.80 Å². The number of amides is 1. The molecule has 1 saturated heterocycles. The van der Waals surface area contributed by atoms with E-state index in [2.05, 4.69) is 0 Å². The number of carbonyl (C=O) groups is 1. The molecule has 1 unspecified atom stereocenters. The standard InChI is InChI=1S/C7H15N3O/c1-9-5-7(11)10(2)4-6(9)3-8/h6H,3-5,8H2,1-2H3. The summed E-state index contributed by atoms with van der Waals surface area (Å²) < 4.78 is 0. The fourth-order valence-corrected chi connectivity index (χ4v) is 1.27. The first-order chi connectivity index (χ1) is 5.15. The predicted octanol–water partition coefficient (Wildman–Crippen LogP) is -1.28. The maximum absolute atomic E-state index is 11.1. The van der Waals surface area contributed by atoms with Gasteiger partial charge in [-0.15, -0.1) is 0 Å². The Kier molecular flexibility index (Phi) is 2.46. The number of likely N-dealkylation sites (N-methyl/N-ethyl adjacent to an activating group) is 2. The van der Waals surface area contributed by atoms with E-state index in [0.29, 0.717) is 19.1 Å². The zero-order chi connectivity index (χ0) is 8.43. The van der Waals surface area contributed by atoms with Gasteiger partial charge in [0.2, 0.25) is 5.91 Å². The van der Waals surface area contributed by atoms with E-state index in [4.69, 9.17) is 5.73 Å². The second kappa shape index (κ2) is 3.19. The van der Waals surface area contributed by atoms with E-state index in [9.17, 15) is 4.79 Å². The van der Waals surface area contributed by atoms with Crippen LogP contribution in [0.3, 0.4) is 0 Å². The van der Waals surface area contributed by atoms with Crippen molar-refractivity contribution in [3.8, 4) is 0 Å². The van der Waals surface area contributed by atoms with Crippen LogP contribution in [0.5, 0.6) is 0 Å². The van der Waals surface area contributed by atoms with Gasteiger partial charge in [-0.25, -0.2) is 0 Å². The third-order valence-corrected chi connectivity index (χ3v) is 2.19. The molecular weight excluding hydrogens is 142 g/mol. The first-order valence-corrected chi connectivity index (χ1v) is 3.79. The molecule has 1 rings (SSSR count). The zero-order valence-corrected chi connectivity index (χ0v) is 7.08. The Morgan fingerprint density at radius 3 is 2.82 bits per heavy atom. The van der Waals surface area contributed by atoms with Gasteiger partial charge in [0.1, 0.15) is 0 Å². The molecule has 1 atom stereocenters. The summed E-state index contributed by atoms with van der Waals surface area (Å²) in [6.45, 7) is 1.87. The molecule has 11 heavy (non-hydrogen) atoms. The van der Waals surface area contributed by atoms with E-state index < -0.39 is 0 Å². The molecule has 1 heterocycles. The van der Waals surface area contributed by atoms with Crippen molar-refractivity contribution in [2.24, 2.45) is 5.73 Å². The summed E-state index contributed by atoms with van der Waals surface area (Å²) in [4.78, 5) is 14.8. The van der Waals surface area contributed by atoms with Crippen molar-refractivity contribution < 1.29 is 4.79 Å². The van der Waals surface area contributed by atoms with Crippen molar-refractivity contribution in [3.63, 3.8) is 0 Å². The van der Waals surface area contributed by atoms with Crippen LogP contribution in [0, 0.1) is 0 Å². The lowest BCUT2D eigenvalue weighted by molar-refractivity contribution is -0.135. The molecule has 0 aliphatic carbocycles. The molecule has 0 spiro atoms. The summed E-state index contributed by atoms with van der Waals surface area (Å²) in [5.74, 6) is 0.178. The quantitative estimate of drug-likeness (QED) is 0.515. The number of nitrogens with zero attached hydrogens (tertiary/aromatic N) is 2. The minimum Gasteiger partial charge on any atom is -0.343 e. The van der Waals surface area contributed by atoms with Gasteiger partial charge in [0.15, 0.2) is 0 Å². The van der Waals surface area contributed by atoms with E-state index >= 15 is 0 Å². The molecule has 1 amide bonds. The molecule has 0 radical (unpaired) electrons. The minimum atomic E-state index is 0.178. The van der Waals surface area contributed by atoms with Crippen LogP contribution in [-0.2, 0) is 4.79 Å². The van der Waals surface area contributed by atoms with Crippen molar-refractivity contribution in [3.05, 3.63) is 0 Å². The molecule has 0 bridgehead atoms. The van der Waals surface area contributed by atoms with Gasteiger partial charge in [-0.2, -0.15) is 0 Å². The van der Waals surface area contributed by atoms with E-state index in [1.807, 2.05) is 19.0 Å². The second-order valence-corrected chi connectivity index (χ2v) is 3.08. The Bertz CT molecular complexity index is 160. The van der Waals surface area contributed by atoms with E-state index in [1.54, 1.807) is 4.90 Å². The third-order valence-electron chi connectivity index (χ3n) is 2.19. The summed E-state index contributed by atoms with van der Waals surface area (Å²) in [6.07, 6.45) is 0. The lowest BCUT2D eigenvalue weighted by atomic mass is 10.2. The number of piperazine rings is 1. The maximum Gasteiger partial charge on any atom is 0.236 e. The van der Waals surface area contributed by atoms with Crippen LogP contribution < -0.4 is 5.73 Å². The van der Waals surface area contributed by atoms with Crippen LogP contribution in [0.2, 0.25) is 0 Å². The lowest BCUT2D eigenvalue weighted by Gasteiger charge is -2.36. The van der Waals surface area contributed by atoms with Crippen LogP contribution in [-0.4, -0.2) is 55.5 Å². The highest BCUT2D eigenvalue weighted by atomic mass is 16.2. The fourth-order valence-electron chi connectivity index (χ4n) is 1.27. The Morgan fingerprint density at radius 1 is 1.64 bits per heavy atom. The molecule has 0 saturated carbocycles. The van der Waals surface area contributed by atoms with Crippen LogP contribution in [0.1, 0.15) is 0 Å². The SMILES string of the molecule is CN1CC(CN)N(C)CC1=O. The molecule has 1 aliphatic rings. The number of hydrogen-bond donors (Lipinski definition) is 1. The lowest BCUT2D eigenvalue weighted by Crippen LogP contribution is -2.55. The Labute approximate surface area is 66.9 Å². The molecule has 4 heteroatoms.